The zero-order valence-electron chi connectivity index (χ0n) is 14.4. The summed E-state index contributed by atoms with van der Waals surface area (Å²) in [6.45, 7) is 2.26. The molecule has 0 aromatic heterocycles. The highest BCUT2D eigenvalue weighted by Crippen LogP contribution is 2.17. The Morgan fingerprint density at radius 2 is 1.05 bits per heavy atom. The van der Waals surface area contributed by atoms with Gasteiger partial charge in [0.25, 0.3) is 0 Å². The lowest BCUT2D eigenvalue weighted by Crippen LogP contribution is -2.46. The van der Waals surface area contributed by atoms with Crippen molar-refractivity contribution in [3.63, 3.8) is 0 Å². The molecule has 0 bridgehead atoms. The largest absolute Gasteiger partial charge is 0.415 e. The topological polar surface area (TPSA) is 49.7 Å². The van der Waals surface area contributed by atoms with Gasteiger partial charge in [0.05, 0.1) is 12.5 Å². The summed E-state index contributed by atoms with van der Waals surface area (Å²) in [5.41, 5.74) is 0. The van der Waals surface area contributed by atoms with Gasteiger partial charge in [-0.3, -0.25) is 0 Å². The van der Waals surface area contributed by atoms with Gasteiger partial charge in [0.15, 0.2) is 0 Å². The van der Waals surface area contributed by atoms with Crippen molar-refractivity contribution in [3.8, 4) is 0 Å². The summed E-state index contributed by atoms with van der Waals surface area (Å²) in [6, 6.07) is 0.883. The molecule has 0 fully saturated rings. The minimum Gasteiger partial charge on any atom is -0.415 e. The minimum absolute atomic E-state index is 0.0397. The van der Waals surface area contributed by atoms with Crippen LogP contribution in [0.4, 0.5) is 0 Å². The van der Waals surface area contributed by atoms with Gasteiger partial charge in [0.1, 0.15) is 0 Å². The number of unbranched alkanes of at least 4 members (excludes halogenated alkanes) is 11. The van der Waals surface area contributed by atoms with E-state index in [0.717, 1.165) is 12.5 Å². The molecule has 0 amide bonds. The SMILES string of the molecule is CCCCCCCCCCCCCC[Si](CO)(CO)OC. The lowest BCUT2D eigenvalue weighted by molar-refractivity contribution is 0.252. The van der Waals surface area contributed by atoms with E-state index < -0.39 is 8.32 Å². The predicted octanol–water partition coefficient (Wildman–Crippen LogP) is 4.34. The number of rotatable bonds is 16. The Hall–Kier alpha value is 0.0969. The lowest BCUT2D eigenvalue weighted by Gasteiger charge is -2.24. The highest BCUT2D eigenvalue weighted by atomic mass is 28.4. The minimum atomic E-state index is -2.20. The number of aliphatic hydroxyl groups is 2. The van der Waals surface area contributed by atoms with E-state index in [0.29, 0.717) is 0 Å². The van der Waals surface area contributed by atoms with Gasteiger partial charge in [0.2, 0.25) is 8.32 Å². The molecule has 128 valence electrons. The summed E-state index contributed by atoms with van der Waals surface area (Å²) in [5, 5.41) is 18.7. The van der Waals surface area contributed by atoms with Gasteiger partial charge in [-0.25, -0.2) is 0 Å². The molecule has 0 aliphatic rings. The van der Waals surface area contributed by atoms with E-state index in [9.17, 15) is 10.2 Å². The molecule has 0 atom stereocenters. The maximum atomic E-state index is 9.33. The van der Waals surface area contributed by atoms with Crippen LogP contribution in [0.2, 0.25) is 6.04 Å². The molecule has 0 aromatic carbocycles. The van der Waals surface area contributed by atoms with E-state index in [2.05, 4.69) is 6.92 Å². The van der Waals surface area contributed by atoms with Gasteiger partial charge in [0, 0.05) is 7.11 Å². The maximum absolute atomic E-state index is 9.33. The van der Waals surface area contributed by atoms with Crippen molar-refractivity contribution in [1.82, 2.24) is 0 Å². The third kappa shape index (κ3) is 11.3. The van der Waals surface area contributed by atoms with Crippen LogP contribution in [-0.2, 0) is 4.43 Å². The van der Waals surface area contributed by atoms with Gasteiger partial charge in [-0.2, -0.15) is 0 Å². The molecule has 0 aromatic rings. The molecule has 0 aliphatic carbocycles. The highest BCUT2D eigenvalue weighted by Gasteiger charge is 2.31. The number of hydrogen-bond acceptors (Lipinski definition) is 3. The normalized spacial score (nSPS) is 12.0. The Bertz CT molecular complexity index is 200. The quantitative estimate of drug-likeness (QED) is 0.329. The van der Waals surface area contributed by atoms with Crippen LogP contribution in [0.15, 0.2) is 0 Å². The van der Waals surface area contributed by atoms with Gasteiger partial charge >= 0.3 is 0 Å². The van der Waals surface area contributed by atoms with Crippen LogP contribution in [0.5, 0.6) is 0 Å². The summed E-state index contributed by atoms with van der Waals surface area (Å²) in [4.78, 5) is 0. The van der Waals surface area contributed by atoms with Crippen LogP contribution >= 0.6 is 0 Å². The van der Waals surface area contributed by atoms with Crippen LogP contribution in [-0.4, -0.2) is 38.1 Å². The van der Waals surface area contributed by atoms with Crippen LogP contribution < -0.4 is 0 Å². The van der Waals surface area contributed by atoms with Crippen molar-refractivity contribution in [3.05, 3.63) is 0 Å². The van der Waals surface area contributed by atoms with Gasteiger partial charge in [-0.05, 0) is 6.04 Å². The first kappa shape index (κ1) is 21.1. The van der Waals surface area contributed by atoms with E-state index in [1.54, 1.807) is 7.11 Å². The van der Waals surface area contributed by atoms with E-state index in [4.69, 9.17) is 4.43 Å². The smallest absolute Gasteiger partial charge is 0.242 e. The fraction of sp³-hybridized carbons (Fsp3) is 1.00. The summed E-state index contributed by atoms with van der Waals surface area (Å²) in [6.07, 6.45) is 16.1. The predicted molar refractivity (Wildman–Crippen MR) is 92.8 cm³/mol. The molecule has 21 heavy (non-hydrogen) atoms. The van der Waals surface area contributed by atoms with Crippen LogP contribution in [0.1, 0.15) is 84.0 Å². The van der Waals surface area contributed by atoms with Crippen molar-refractivity contribution in [2.75, 3.05) is 19.6 Å². The average molecular weight is 319 g/mol. The Morgan fingerprint density at radius 3 is 1.38 bits per heavy atom. The fourth-order valence-corrected chi connectivity index (χ4v) is 4.50. The molecule has 0 saturated carbocycles. The molecule has 0 unspecified atom stereocenters. The van der Waals surface area contributed by atoms with Crippen LogP contribution in [0.25, 0.3) is 0 Å². The maximum Gasteiger partial charge on any atom is 0.242 e. The summed E-state index contributed by atoms with van der Waals surface area (Å²) < 4.78 is 5.38. The van der Waals surface area contributed by atoms with Crippen molar-refractivity contribution < 1.29 is 14.6 Å². The number of aliphatic hydroxyl groups excluding tert-OH is 2. The van der Waals surface area contributed by atoms with E-state index in [1.165, 1.54) is 70.6 Å². The molecule has 4 heteroatoms. The first-order chi connectivity index (χ1) is 10.2. The summed E-state index contributed by atoms with van der Waals surface area (Å²) in [5.74, 6) is 0. The molecule has 3 nitrogen and oxygen atoms in total. The van der Waals surface area contributed by atoms with E-state index in [-0.39, 0.29) is 12.5 Å². The molecular weight excluding hydrogens is 280 g/mol. The summed E-state index contributed by atoms with van der Waals surface area (Å²) in [7, 11) is -0.579. The first-order valence-corrected chi connectivity index (χ1v) is 11.5. The second-order valence-electron chi connectivity index (χ2n) is 6.34. The van der Waals surface area contributed by atoms with Crippen molar-refractivity contribution in [2.24, 2.45) is 0 Å². The number of hydrogen-bond donors (Lipinski definition) is 2. The second-order valence-corrected chi connectivity index (χ2v) is 10.2. The first-order valence-electron chi connectivity index (χ1n) is 9.01. The zero-order valence-corrected chi connectivity index (χ0v) is 15.4. The molecule has 0 spiro atoms. The Morgan fingerprint density at radius 1 is 0.667 bits per heavy atom. The summed E-state index contributed by atoms with van der Waals surface area (Å²) >= 11 is 0. The van der Waals surface area contributed by atoms with Crippen molar-refractivity contribution >= 4 is 8.32 Å². The Kier molecular flexibility index (Phi) is 15.1. The van der Waals surface area contributed by atoms with E-state index >= 15 is 0 Å². The van der Waals surface area contributed by atoms with Gasteiger partial charge < -0.3 is 14.6 Å². The Balaban J connectivity index is 3.29. The highest BCUT2D eigenvalue weighted by molar-refractivity contribution is 6.73. The Labute approximate surface area is 133 Å². The molecule has 0 radical (unpaired) electrons. The van der Waals surface area contributed by atoms with Crippen LogP contribution in [0.3, 0.4) is 0 Å². The van der Waals surface area contributed by atoms with Gasteiger partial charge in [-0.15, -0.1) is 0 Å². The molecule has 0 rings (SSSR count). The molecule has 0 heterocycles. The molecule has 0 aliphatic heterocycles. The molecular formula is C17H38O3Si. The van der Waals surface area contributed by atoms with E-state index in [1.807, 2.05) is 0 Å². The van der Waals surface area contributed by atoms with Crippen molar-refractivity contribution in [1.29, 1.82) is 0 Å². The third-order valence-electron chi connectivity index (χ3n) is 4.50. The molecule has 0 saturated heterocycles. The van der Waals surface area contributed by atoms with Crippen LogP contribution in [0, 0.1) is 0 Å². The second kappa shape index (κ2) is 15.0. The standard InChI is InChI=1S/C17H38O3Si/c1-3-4-5-6-7-8-9-10-11-12-13-14-15-21(16-18,17-19)20-2/h18-19H,3-17H2,1-2H3. The van der Waals surface area contributed by atoms with Gasteiger partial charge in [-0.1, -0.05) is 84.0 Å². The third-order valence-corrected chi connectivity index (χ3v) is 7.78. The lowest BCUT2D eigenvalue weighted by atomic mass is 10.1. The zero-order chi connectivity index (χ0) is 15.8. The monoisotopic (exact) mass is 318 g/mol. The van der Waals surface area contributed by atoms with Crippen molar-refractivity contribution in [2.45, 2.75) is 90.0 Å². The average Bonchev–Trinajstić information content (AvgIpc) is 2.53. The molecule has 2 N–H and O–H groups in total. The fourth-order valence-electron chi connectivity index (χ4n) is 2.73.